The minimum Gasteiger partial charge on any atom is -0.463 e. The standard InChI is InChI=1S/C29H30F2N4O2S.C4H11N.CH4/c1-5-15(4)21(23-16(10-32)27(33)38-26(23)20(30)6-2)22-19-13-36-12-18(19)17-11-34-28(35-25(17)24(22)31)37-14-29(7-3)8-9-29;1-3-4(2)5;/h6,11H,5,7-9,12-14,33H2,1-4H3;4H,3,5H2,1-2H3;1H4/b20-6+,21-15+;;. The number of aromatic nitrogens is 2. The quantitative estimate of drug-likeness (QED) is 0.244. The molecule has 0 amide bonds. The first-order chi connectivity index (χ1) is 20.6. The van der Waals surface area contributed by atoms with Crippen LogP contribution in [0.15, 0.2) is 17.8 Å². The molecule has 1 aliphatic heterocycles. The minimum absolute atomic E-state index is 0. The van der Waals surface area contributed by atoms with Crippen molar-refractivity contribution in [2.45, 2.75) is 100 Å². The average Bonchev–Trinajstić information content (AvgIpc) is 3.50. The van der Waals surface area contributed by atoms with E-state index in [4.69, 9.17) is 20.9 Å². The fraction of sp³-hybridized carbons (Fsp3) is 0.500. The third kappa shape index (κ3) is 6.80. The Kier molecular flexibility index (Phi) is 11.6. The Morgan fingerprint density at radius 2 is 1.91 bits per heavy atom. The van der Waals surface area contributed by atoms with Crippen molar-refractivity contribution in [1.82, 2.24) is 9.97 Å². The number of anilines is 1. The van der Waals surface area contributed by atoms with Gasteiger partial charge in [-0.25, -0.2) is 13.8 Å². The lowest BCUT2D eigenvalue weighted by Gasteiger charge is -2.19. The second-order valence-corrected chi connectivity index (χ2v) is 12.4. The van der Waals surface area contributed by atoms with Crippen LogP contribution in [0.1, 0.15) is 114 Å². The highest BCUT2D eigenvalue weighted by atomic mass is 32.1. The summed E-state index contributed by atoms with van der Waals surface area (Å²) in [7, 11) is 0. The number of nitriles is 1. The minimum atomic E-state index is -0.573. The molecule has 1 aromatic carbocycles. The second kappa shape index (κ2) is 14.6. The number of thiophene rings is 1. The molecule has 1 aliphatic carbocycles. The fourth-order valence-corrected chi connectivity index (χ4v) is 6.04. The van der Waals surface area contributed by atoms with Gasteiger partial charge in [0.05, 0.1) is 30.3 Å². The van der Waals surface area contributed by atoms with Crippen LogP contribution in [0.3, 0.4) is 0 Å². The monoisotopic (exact) mass is 625 g/mol. The second-order valence-electron chi connectivity index (χ2n) is 11.4. The largest absolute Gasteiger partial charge is 0.463 e. The van der Waals surface area contributed by atoms with Crippen molar-refractivity contribution in [3.8, 4) is 12.1 Å². The molecule has 0 bridgehead atoms. The van der Waals surface area contributed by atoms with Gasteiger partial charge in [-0.1, -0.05) is 39.8 Å². The summed E-state index contributed by atoms with van der Waals surface area (Å²) in [6.45, 7) is 12.5. The van der Waals surface area contributed by atoms with Crippen LogP contribution >= 0.6 is 11.3 Å². The fourth-order valence-electron chi connectivity index (χ4n) is 5.05. The van der Waals surface area contributed by atoms with E-state index in [1.54, 1.807) is 13.1 Å². The maximum atomic E-state index is 16.7. The van der Waals surface area contributed by atoms with E-state index in [0.717, 1.165) is 48.2 Å². The van der Waals surface area contributed by atoms with Crippen LogP contribution in [0.4, 0.5) is 13.8 Å². The highest BCUT2D eigenvalue weighted by molar-refractivity contribution is 7.17. The molecule has 7 nitrogen and oxygen atoms in total. The lowest BCUT2D eigenvalue weighted by Crippen LogP contribution is -2.13. The van der Waals surface area contributed by atoms with Gasteiger partial charge in [0.1, 0.15) is 22.4 Å². The normalized spacial score (nSPS) is 16.2. The summed E-state index contributed by atoms with van der Waals surface area (Å²) in [4.78, 5) is 9.08. The number of nitrogens with two attached hydrogens (primary N) is 2. The number of rotatable bonds is 9. The molecule has 1 atom stereocenters. The molecule has 3 heterocycles. The summed E-state index contributed by atoms with van der Waals surface area (Å²) in [5.41, 5.74) is 15.1. The Morgan fingerprint density at radius 3 is 2.45 bits per heavy atom. The van der Waals surface area contributed by atoms with E-state index < -0.39 is 11.6 Å². The van der Waals surface area contributed by atoms with Crippen molar-refractivity contribution < 1.29 is 18.3 Å². The smallest absolute Gasteiger partial charge is 0.317 e. The number of nitrogens with zero attached hydrogens (tertiary/aromatic N) is 3. The molecular formula is C34H45F2N5O2S. The summed E-state index contributed by atoms with van der Waals surface area (Å²) < 4.78 is 43.5. The van der Waals surface area contributed by atoms with Gasteiger partial charge < -0.3 is 20.9 Å². The zero-order valence-electron chi connectivity index (χ0n) is 25.9. The van der Waals surface area contributed by atoms with Crippen LogP contribution in [-0.2, 0) is 18.0 Å². The first-order valence-electron chi connectivity index (χ1n) is 14.9. The van der Waals surface area contributed by atoms with Crippen molar-refractivity contribution in [3.05, 3.63) is 56.4 Å². The number of hydrogen-bond donors (Lipinski definition) is 2. The Morgan fingerprint density at radius 1 is 1.25 bits per heavy atom. The topological polar surface area (TPSA) is 120 Å². The van der Waals surface area contributed by atoms with E-state index >= 15 is 8.78 Å². The summed E-state index contributed by atoms with van der Waals surface area (Å²) in [5, 5.41) is 10.7. The maximum Gasteiger partial charge on any atom is 0.317 e. The number of fused-ring (bicyclic) bond motifs is 3. The van der Waals surface area contributed by atoms with Gasteiger partial charge in [0.25, 0.3) is 0 Å². The molecule has 4 N–H and O–H groups in total. The van der Waals surface area contributed by atoms with Gasteiger partial charge in [0.2, 0.25) is 0 Å². The van der Waals surface area contributed by atoms with E-state index in [-0.39, 0.29) is 58.6 Å². The summed E-state index contributed by atoms with van der Waals surface area (Å²) in [5.74, 6) is -1.09. The van der Waals surface area contributed by atoms with Crippen molar-refractivity contribution in [3.63, 3.8) is 0 Å². The zero-order valence-corrected chi connectivity index (χ0v) is 26.7. The maximum absolute atomic E-state index is 16.7. The van der Waals surface area contributed by atoms with E-state index in [9.17, 15) is 5.26 Å². The third-order valence-electron chi connectivity index (χ3n) is 8.51. The summed E-state index contributed by atoms with van der Waals surface area (Å²) >= 11 is 0.990. The molecule has 0 saturated heterocycles. The summed E-state index contributed by atoms with van der Waals surface area (Å²) in [6.07, 6.45) is 7.75. The molecule has 1 saturated carbocycles. The highest BCUT2D eigenvalue weighted by Crippen LogP contribution is 2.49. The number of hydrogen-bond acceptors (Lipinski definition) is 8. The van der Waals surface area contributed by atoms with Crippen LogP contribution in [0.25, 0.3) is 22.3 Å². The predicted molar refractivity (Wildman–Crippen MR) is 176 cm³/mol. The van der Waals surface area contributed by atoms with Crippen molar-refractivity contribution in [1.29, 1.82) is 5.26 Å². The lowest BCUT2D eigenvalue weighted by atomic mass is 9.85. The Hall–Kier alpha value is -3.39. The van der Waals surface area contributed by atoms with Gasteiger partial charge in [0, 0.05) is 34.2 Å². The molecular weight excluding hydrogens is 580 g/mol. The van der Waals surface area contributed by atoms with Gasteiger partial charge in [-0.05, 0) is 69.6 Å². The Labute approximate surface area is 264 Å². The van der Waals surface area contributed by atoms with Gasteiger partial charge in [-0.15, -0.1) is 11.3 Å². The lowest BCUT2D eigenvalue weighted by molar-refractivity contribution is 0.134. The van der Waals surface area contributed by atoms with E-state index in [0.29, 0.717) is 41.2 Å². The number of ether oxygens (including phenoxy) is 2. The molecule has 1 unspecified atom stereocenters. The van der Waals surface area contributed by atoms with E-state index in [2.05, 4.69) is 29.9 Å². The summed E-state index contributed by atoms with van der Waals surface area (Å²) in [6, 6.07) is 2.63. The molecule has 2 aliphatic rings. The highest BCUT2D eigenvalue weighted by Gasteiger charge is 2.42. The molecule has 238 valence electrons. The molecule has 5 rings (SSSR count). The first-order valence-corrected chi connectivity index (χ1v) is 15.7. The Bertz CT molecular complexity index is 1620. The van der Waals surface area contributed by atoms with Crippen LogP contribution in [0.2, 0.25) is 0 Å². The Balaban J connectivity index is 0.000000817. The number of halogens is 2. The zero-order chi connectivity index (χ0) is 31.5. The van der Waals surface area contributed by atoms with E-state index in [1.165, 1.54) is 6.08 Å². The van der Waals surface area contributed by atoms with Crippen LogP contribution < -0.4 is 16.2 Å². The van der Waals surface area contributed by atoms with Gasteiger partial charge in [0.15, 0.2) is 5.82 Å². The molecule has 1 fully saturated rings. The molecule has 2 aromatic heterocycles. The SMILES string of the molecule is C.C/C=C(/F)c1sc(N)c(C#N)c1/C(=C(\C)CC)c1c2c(c3cnc(OCC4(CC)CC4)nc3c1F)COC2.CCC(C)N. The van der Waals surface area contributed by atoms with Gasteiger partial charge in [-0.2, -0.15) is 10.2 Å². The predicted octanol–water partition coefficient (Wildman–Crippen LogP) is 8.83. The number of nitrogen functional groups attached to an aromatic ring is 1. The molecule has 44 heavy (non-hydrogen) atoms. The molecule has 0 spiro atoms. The third-order valence-corrected chi connectivity index (χ3v) is 9.54. The number of allylic oxidation sites excluding steroid dienone is 2. The van der Waals surface area contributed by atoms with Crippen LogP contribution in [0.5, 0.6) is 6.01 Å². The molecule has 10 heteroatoms. The van der Waals surface area contributed by atoms with Gasteiger partial charge in [-0.3, -0.25) is 0 Å². The van der Waals surface area contributed by atoms with Crippen LogP contribution in [-0.4, -0.2) is 22.6 Å². The van der Waals surface area contributed by atoms with Crippen LogP contribution in [0, 0.1) is 22.6 Å². The van der Waals surface area contributed by atoms with Gasteiger partial charge >= 0.3 is 6.01 Å². The average molecular weight is 626 g/mol. The van der Waals surface area contributed by atoms with Crippen molar-refractivity contribution >= 4 is 38.6 Å². The molecule has 3 aromatic rings. The molecule has 0 radical (unpaired) electrons. The first kappa shape index (κ1) is 35.1. The van der Waals surface area contributed by atoms with Crippen molar-refractivity contribution in [2.75, 3.05) is 12.3 Å². The number of benzene rings is 1. The van der Waals surface area contributed by atoms with E-state index in [1.807, 2.05) is 20.8 Å². The van der Waals surface area contributed by atoms with Crippen molar-refractivity contribution in [2.24, 2.45) is 11.1 Å².